The molecular weight excluding hydrogens is 240 g/mol. The maximum absolute atomic E-state index is 11.8. The van der Waals surface area contributed by atoms with E-state index in [1.54, 1.807) is 18.5 Å². The zero-order valence-corrected chi connectivity index (χ0v) is 9.95. The zero-order valence-electron chi connectivity index (χ0n) is 9.20. The highest BCUT2D eigenvalue weighted by molar-refractivity contribution is 6.33. The van der Waals surface area contributed by atoms with Gasteiger partial charge in [0.2, 0.25) is 0 Å². The van der Waals surface area contributed by atoms with Crippen molar-refractivity contribution in [2.75, 3.05) is 0 Å². The lowest BCUT2D eigenvalue weighted by atomic mass is 10.2. The molecule has 2 heterocycles. The first-order valence-electron chi connectivity index (χ1n) is 5.05. The summed E-state index contributed by atoms with van der Waals surface area (Å²) in [4.78, 5) is 15.7. The fourth-order valence-corrected chi connectivity index (χ4v) is 1.56. The number of hydrogen-bond donors (Lipinski definition) is 2. The Kier molecular flexibility index (Phi) is 3.39. The summed E-state index contributed by atoms with van der Waals surface area (Å²) in [5.74, 6) is -0.247. The first kappa shape index (κ1) is 11.6. The van der Waals surface area contributed by atoms with E-state index < -0.39 is 0 Å². The van der Waals surface area contributed by atoms with E-state index in [1.807, 2.05) is 6.92 Å². The van der Waals surface area contributed by atoms with E-state index in [4.69, 9.17) is 11.6 Å². The molecule has 6 heteroatoms. The molecule has 0 aromatic carbocycles. The average molecular weight is 251 g/mol. The van der Waals surface area contributed by atoms with Crippen molar-refractivity contribution >= 4 is 17.5 Å². The number of nitrogens with zero attached hydrogens (tertiary/aromatic N) is 2. The summed E-state index contributed by atoms with van der Waals surface area (Å²) in [5, 5.41) is 9.83. The third-order valence-corrected chi connectivity index (χ3v) is 2.72. The van der Waals surface area contributed by atoms with Crippen LogP contribution >= 0.6 is 11.6 Å². The van der Waals surface area contributed by atoms with Crippen molar-refractivity contribution in [1.82, 2.24) is 20.5 Å². The van der Waals surface area contributed by atoms with Gasteiger partial charge < -0.3 is 5.32 Å². The quantitative estimate of drug-likeness (QED) is 0.871. The fourth-order valence-electron chi connectivity index (χ4n) is 1.37. The smallest absolute Gasteiger partial charge is 0.254 e. The number of H-pyrrole nitrogens is 1. The number of aromatic nitrogens is 3. The van der Waals surface area contributed by atoms with Crippen molar-refractivity contribution in [3.05, 3.63) is 46.5 Å². The summed E-state index contributed by atoms with van der Waals surface area (Å²) < 4.78 is 0. The number of hydrogen-bond acceptors (Lipinski definition) is 3. The van der Waals surface area contributed by atoms with E-state index in [1.165, 1.54) is 6.20 Å². The van der Waals surface area contributed by atoms with Gasteiger partial charge in [-0.1, -0.05) is 11.6 Å². The summed E-state index contributed by atoms with van der Waals surface area (Å²) in [6.45, 7) is 2.30. The molecule has 2 N–H and O–H groups in total. The molecule has 0 atom stereocenters. The van der Waals surface area contributed by atoms with Gasteiger partial charge in [0.25, 0.3) is 5.91 Å². The van der Waals surface area contributed by atoms with Gasteiger partial charge in [0.05, 0.1) is 16.8 Å². The molecular formula is C11H11ClN4O. The summed E-state index contributed by atoms with van der Waals surface area (Å²) in [5.41, 5.74) is 2.25. The normalized spacial score (nSPS) is 10.2. The van der Waals surface area contributed by atoms with Crippen LogP contribution in [0.4, 0.5) is 0 Å². The van der Waals surface area contributed by atoms with Gasteiger partial charge >= 0.3 is 0 Å². The number of aromatic amines is 1. The molecule has 0 unspecified atom stereocenters. The Morgan fingerprint density at radius 3 is 3.00 bits per heavy atom. The SMILES string of the molecule is Cc1[nH]ncc1CNC(=O)c1cnccc1Cl. The van der Waals surface area contributed by atoms with E-state index in [0.29, 0.717) is 17.1 Å². The largest absolute Gasteiger partial charge is 0.348 e. The molecule has 2 aromatic rings. The van der Waals surface area contributed by atoms with Gasteiger partial charge in [-0.3, -0.25) is 14.9 Å². The summed E-state index contributed by atoms with van der Waals surface area (Å²) in [7, 11) is 0. The van der Waals surface area contributed by atoms with Crippen LogP contribution in [0, 0.1) is 6.92 Å². The highest BCUT2D eigenvalue weighted by atomic mass is 35.5. The molecule has 1 amide bonds. The lowest BCUT2D eigenvalue weighted by Gasteiger charge is -2.05. The molecule has 0 aliphatic carbocycles. The van der Waals surface area contributed by atoms with Crippen LogP contribution in [0.25, 0.3) is 0 Å². The fraction of sp³-hybridized carbons (Fsp3) is 0.182. The minimum absolute atomic E-state index is 0.247. The van der Waals surface area contributed by atoms with Crippen LogP contribution in [0.3, 0.4) is 0 Å². The molecule has 88 valence electrons. The third kappa shape index (κ3) is 2.62. The summed E-state index contributed by atoms with van der Waals surface area (Å²) >= 11 is 5.89. The second kappa shape index (κ2) is 4.97. The minimum atomic E-state index is -0.247. The van der Waals surface area contributed by atoms with E-state index >= 15 is 0 Å². The van der Waals surface area contributed by atoms with Crippen LogP contribution < -0.4 is 5.32 Å². The third-order valence-electron chi connectivity index (χ3n) is 2.39. The molecule has 0 fully saturated rings. The summed E-state index contributed by atoms with van der Waals surface area (Å²) in [6, 6.07) is 1.58. The number of halogens is 1. The Morgan fingerprint density at radius 2 is 2.35 bits per heavy atom. The number of aryl methyl sites for hydroxylation is 1. The van der Waals surface area contributed by atoms with Gasteiger partial charge in [-0.25, -0.2) is 0 Å². The number of pyridine rings is 1. The van der Waals surface area contributed by atoms with Crippen LogP contribution in [0.5, 0.6) is 0 Å². The molecule has 5 nitrogen and oxygen atoms in total. The number of amides is 1. The monoisotopic (exact) mass is 250 g/mol. The maximum atomic E-state index is 11.8. The number of carbonyl (C=O) groups is 1. The molecule has 2 aromatic heterocycles. The maximum Gasteiger partial charge on any atom is 0.254 e. The second-order valence-electron chi connectivity index (χ2n) is 3.56. The first-order valence-corrected chi connectivity index (χ1v) is 5.43. The number of rotatable bonds is 3. The van der Waals surface area contributed by atoms with Crippen LogP contribution in [-0.2, 0) is 6.54 Å². The van der Waals surface area contributed by atoms with Crippen LogP contribution in [0.2, 0.25) is 5.02 Å². The van der Waals surface area contributed by atoms with Gasteiger partial charge in [0, 0.05) is 30.2 Å². The van der Waals surface area contributed by atoms with Gasteiger partial charge in [-0.15, -0.1) is 0 Å². The molecule has 0 radical (unpaired) electrons. The van der Waals surface area contributed by atoms with Gasteiger partial charge in [-0.05, 0) is 13.0 Å². The van der Waals surface area contributed by atoms with Gasteiger partial charge in [0.15, 0.2) is 0 Å². The highest BCUT2D eigenvalue weighted by Gasteiger charge is 2.10. The molecule has 0 saturated heterocycles. The number of nitrogens with one attached hydrogen (secondary N) is 2. The van der Waals surface area contributed by atoms with Crippen LogP contribution in [0.15, 0.2) is 24.7 Å². The standard InChI is InChI=1S/C11H11ClN4O/c1-7-8(5-15-16-7)4-14-11(17)9-6-13-3-2-10(9)12/h2-3,5-6H,4H2,1H3,(H,14,17)(H,15,16). The molecule has 0 spiro atoms. The minimum Gasteiger partial charge on any atom is -0.348 e. The van der Waals surface area contributed by atoms with E-state index in [9.17, 15) is 4.79 Å². The molecule has 0 aliphatic rings. The van der Waals surface area contributed by atoms with Crippen LogP contribution in [0.1, 0.15) is 21.6 Å². The molecule has 0 saturated carbocycles. The first-order chi connectivity index (χ1) is 8.18. The van der Waals surface area contributed by atoms with Gasteiger partial charge in [-0.2, -0.15) is 5.10 Å². The lowest BCUT2D eigenvalue weighted by Crippen LogP contribution is -2.23. The van der Waals surface area contributed by atoms with E-state index in [-0.39, 0.29) is 5.91 Å². The number of carbonyl (C=O) groups excluding carboxylic acids is 1. The molecule has 0 bridgehead atoms. The highest BCUT2D eigenvalue weighted by Crippen LogP contribution is 2.13. The van der Waals surface area contributed by atoms with Crippen molar-refractivity contribution in [1.29, 1.82) is 0 Å². The van der Waals surface area contributed by atoms with Crippen molar-refractivity contribution < 1.29 is 4.79 Å². The van der Waals surface area contributed by atoms with Crippen molar-refractivity contribution in [3.8, 4) is 0 Å². The Bertz CT molecular complexity index is 538. The zero-order chi connectivity index (χ0) is 12.3. The van der Waals surface area contributed by atoms with Crippen molar-refractivity contribution in [2.45, 2.75) is 13.5 Å². The molecule has 2 rings (SSSR count). The van der Waals surface area contributed by atoms with Crippen LogP contribution in [-0.4, -0.2) is 21.1 Å². The van der Waals surface area contributed by atoms with Crippen molar-refractivity contribution in [2.24, 2.45) is 0 Å². The van der Waals surface area contributed by atoms with E-state index in [0.717, 1.165) is 11.3 Å². The average Bonchev–Trinajstić information content (AvgIpc) is 2.72. The van der Waals surface area contributed by atoms with Gasteiger partial charge in [0.1, 0.15) is 0 Å². The Labute approximate surface area is 103 Å². The Balaban J connectivity index is 2.04. The topological polar surface area (TPSA) is 70.7 Å². The second-order valence-corrected chi connectivity index (χ2v) is 3.97. The predicted octanol–water partition coefficient (Wildman–Crippen LogP) is 1.70. The van der Waals surface area contributed by atoms with Crippen molar-refractivity contribution in [3.63, 3.8) is 0 Å². The Hall–Kier alpha value is -1.88. The predicted molar refractivity (Wildman–Crippen MR) is 63.7 cm³/mol. The lowest BCUT2D eigenvalue weighted by molar-refractivity contribution is 0.0950. The van der Waals surface area contributed by atoms with E-state index in [2.05, 4.69) is 20.5 Å². The Morgan fingerprint density at radius 1 is 1.53 bits per heavy atom. The molecule has 17 heavy (non-hydrogen) atoms. The molecule has 0 aliphatic heterocycles. The summed E-state index contributed by atoms with van der Waals surface area (Å²) in [6.07, 6.45) is 4.67.